The number of likely N-dealkylation sites (tertiary alicyclic amines) is 1. The molecule has 0 bridgehead atoms. The number of β-amino-alcohol motifs (C(OH)–C–C–N with tert-alkyl or cyclic N) is 1. The largest absolute Gasteiger partial charge is 0.483 e. The summed E-state index contributed by atoms with van der Waals surface area (Å²) in [6, 6.07) is 3.80. The highest BCUT2D eigenvalue weighted by molar-refractivity contribution is 5.80. The Morgan fingerprint density at radius 2 is 2.00 bits per heavy atom. The van der Waals surface area contributed by atoms with Crippen molar-refractivity contribution in [1.29, 1.82) is 0 Å². The molecule has 2 rings (SSSR count). The van der Waals surface area contributed by atoms with Gasteiger partial charge < -0.3 is 20.2 Å². The number of aliphatic carboxylic acids is 1. The van der Waals surface area contributed by atoms with Gasteiger partial charge in [-0.1, -0.05) is 13.3 Å². The molecule has 1 aliphatic heterocycles. The van der Waals surface area contributed by atoms with Gasteiger partial charge in [0.25, 0.3) is 6.47 Å². The van der Waals surface area contributed by atoms with Gasteiger partial charge >= 0.3 is 5.97 Å². The molecule has 1 aliphatic rings. The lowest BCUT2D eigenvalue weighted by atomic mass is 9.73. The molecule has 28 heavy (non-hydrogen) atoms. The van der Waals surface area contributed by atoms with E-state index in [-0.39, 0.29) is 31.9 Å². The van der Waals surface area contributed by atoms with Crippen LogP contribution in [0.1, 0.15) is 31.7 Å². The Hall–Kier alpha value is -2.52. The van der Waals surface area contributed by atoms with Gasteiger partial charge in [0.2, 0.25) is 5.91 Å². The number of aliphatic hydroxyl groups is 1. The zero-order valence-corrected chi connectivity index (χ0v) is 16.3. The van der Waals surface area contributed by atoms with Crippen molar-refractivity contribution in [3.05, 3.63) is 30.1 Å². The lowest BCUT2D eigenvalue weighted by molar-refractivity contribution is -0.167. The standard InChI is InChI=1S/C18H27N3O4.CH2O2/c1-3-6-18(17(24)25)7-10-21(12-15(18)22)16(23)13-20(2)11-14-4-8-19-9-5-14;2-1-3/h4-5,8-9,15,22H,3,6-7,10-13H2,1-2H3,(H,24,25);1H,(H,2,3)/t15-,18-;/m0./s1. The van der Waals surface area contributed by atoms with Crippen molar-refractivity contribution in [2.45, 2.75) is 38.8 Å². The van der Waals surface area contributed by atoms with Crippen molar-refractivity contribution in [2.24, 2.45) is 5.41 Å². The molecule has 9 heteroatoms. The van der Waals surface area contributed by atoms with Crippen LogP contribution in [0.5, 0.6) is 0 Å². The molecular weight excluding hydrogens is 366 g/mol. The Balaban J connectivity index is 0.00000122. The van der Waals surface area contributed by atoms with Crippen molar-refractivity contribution in [2.75, 3.05) is 26.7 Å². The van der Waals surface area contributed by atoms with Gasteiger partial charge in [-0.3, -0.25) is 24.3 Å². The Morgan fingerprint density at radius 3 is 2.50 bits per heavy atom. The van der Waals surface area contributed by atoms with Crippen LogP contribution in [0.3, 0.4) is 0 Å². The minimum atomic E-state index is -1.13. The summed E-state index contributed by atoms with van der Waals surface area (Å²) in [4.78, 5) is 40.0. The zero-order valence-electron chi connectivity index (χ0n) is 16.3. The Kier molecular flexibility index (Phi) is 9.54. The van der Waals surface area contributed by atoms with Crippen LogP contribution in [0, 0.1) is 5.41 Å². The molecule has 0 spiro atoms. The minimum absolute atomic E-state index is 0.0776. The fourth-order valence-corrected chi connectivity index (χ4v) is 3.48. The van der Waals surface area contributed by atoms with Crippen LogP contribution < -0.4 is 0 Å². The maximum atomic E-state index is 12.5. The SMILES string of the molecule is CCC[C@]1(C(=O)O)CCN(C(=O)CN(C)Cc2ccncc2)C[C@@H]1O.O=CO. The van der Waals surface area contributed by atoms with E-state index in [0.29, 0.717) is 25.9 Å². The number of likely N-dealkylation sites (N-methyl/N-ethyl adjacent to an activating group) is 1. The first kappa shape index (κ1) is 23.5. The second-order valence-corrected chi connectivity index (χ2v) is 6.95. The van der Waals surface area contributed by atoms with Gasteiger partial charge in [0.05, 0.1) is 18.1 Å². The number of rotatable bonds is 7. The van der Waals surface area contributed by atoms with Crippen molar-refractivity contribution in [3.63, 3.8) is 0 Å². The molecule has 1 saturated heterocycles. The van der Waals surface area contributed by atoms with Crippen molar-refractivity contribution in [3.8, 4) is 0 Å². The monoisotopic (exact) mass is 395 g/mol. The summed E-state index contributed by atoms with van der Waals surface area (Å²) in [5.74, 6) is -1.06. The predicted octanol–water partition coefficient (Wildman–Crippen LogP) is 0.679. The highest BCUT2D eigenvalue weighted by Gasteiger charge is 2.48. The average molecular weight is 395 g/mol. The van der Waals surface area contributed by atoms with Crippen LogP contribution in [0.15, 0.2) is 24.5 Å². The van der Waals surface area contributed by atoms with E-state index < -0.39 is 17.5 Å². The molecule has 0 saturated carbocycles. The quantitative estimate of drug-likeness (QED) is 0.574. The number of hydrogen-bond acceptors (Lipinski definition) is 6. The summed E-state index contributed by atoms with van der Waals surface area (Å²) in [7, 11) is 1.86. The second kappa shape index (κ2) is 11.4. The van der Waals surface area contributed by atoms with Crippen LogP contribution in [0.4, 0.5) is 0 Å². The van der Waals surface area contributed by atoms with E-state index in [1.165, 1.54) is 0 Å². The fourth-order valence-electron chi connectivity index (χ4n) is 3.48. The number of nitrogens with zero attached hydrogens (tertiary/aromatic N) is 3. The first-order valence-electron chi connectivity index (χ1n) is 9.15. The number of carboxylic acids is 1. The number of amides is 1. The Morgan fingerprint density at radius 1 is 1.39 bits per heavy atom. The molecule has 2 heterocycles. The van der Waals surface area contributed by atoms with Gasteiger partial charge in [0.15, 0.2) is 0 Å². The van der Waals surface area contributed by atoms with E-state index in [4.69, 9.17) is 9.90 Å². The highest BCUT2D eigenvalue weighted by Crippen LogP contribution is 2.36. The first-order chi connectivity index (χ1) is 13.3. The molecule has 156 valence electrons. The molecule has 0 aromatic carbocycles. The van der Waals surface area contributed by atoms with E-state index >= 15 is 0 Å². The van der Waals surface area contributed by atoms with Crippen LogP contribution in [-0.4, -0.2) is 81.2 Å². The number of piperidine rings is 1. The van der Waals surface area contributed by atoms with E-state index in [9.17, 15) is 19.8 Å². The van der Waals surface area contributed by atoms with E-state index in [1.54, 1.807) is 17.3 Å². The molecule has 1 aromatic rings. The van der Waals surface area contributed by atoms with Gasteiger partial charge in [-0.05, 0) is 37.6 Å². The number of pyridine rings is 1. The molecular formula is C19H29N3O6. The maximum absolute atomic E-state index is 12.5. The summed E-state index contributed by atoms with van der Waals surface area (Å²) in [6.07, 6.45) is 3.79. The summed E-state index contributed by atoms with van der Waals surface area (Å²) >= 11 is 0. The number of aromatic nitrogens is 1. The number of hydrogen-bond donors (Lipinski definition) is 3. The molecule has 0 aliphatic carbocycles. The first-order valence-corrected chi connectivity index (χ1v) is 9.15. The molecule has 0 unspecified atom stereocenters. The lowest BCUT2D eigenvalue weighted by Crippen LogP contribution is -2.57. The smallest absolute Gasteiger partial charge is 0.312 e. The van der Waals surface area contributed by atoms with E-state index in [1.807, 2.05) is 31.0 Å². The van der Waals surface area contributed by atoms with Gasteiger partial charge in [-0.15, -0.1) is 0 Å². The van der Waals surface area contributed by atoms with Crippen LogP contribution >= 0.6 is 0 Å². The van der Waals surface area contributed by atoms with Gasteiger partial charge in [0, 0.05) is 32.0 Å². The van der Waals surface area contributed by atoms with Crippen LogP contribution in [0.25, 0.3) is 0 Å². The summed E-state index contributed by atoms with van der Waals surface area (Å²) < 4.78 is 0. The van der Waals surface area contributed by atoms with Crippen molar-refractivity contribution < 1.29 is 29.7 Å². The normalized spacial score (nSPS) is 21.6. The van der Waals surface area contributed by atoms with Crippen molar-refractivity contribution >= 4 is 18.3 Å². The number of carboxylic acid groups (broad SMARTS) is 2. The third-order valence-electron chi connectivity index (χ3n) is 4.94. The zero-order chi connectivity index (χ0) is 21.2. The van der Waals surface area contributed by atoms with Crippen LogP contribution in [0.2, 0.25) is 0 Å². The molecule has 1 aromatic heterocycles. The topological polar surface area (TPSA) is 131 Å². The summed E-state index contributed by atoms with van der Waals surface area (Å²) in [5.41, 5.74) is -0.0640. The highest BCUT2D eigenvalue weighted by atomic mass is 16.4. The molecule has 1 amide bonds. The molecule has 0 radical (unpaired) electrons. The molecule has 1 fully saturated rings. The predicted molar refractivity (Wildman–Crippen MR) is 101 cm³/mol. The lowest BCUT2D eigenvalue weighted by Gasteiger charge is -2.43. The van der Waals surface area contributed by atoms with Crippen LogP contribution in [-0.2, 0) is 20.9 Å². The molecule has 3 N–H and O–H groups in total. The fraction of sp³-hybridized carbons (Fsp3) is 0.579. The summed E-state index contributed by atoms with van der Waals surface area (Å²) in [6.45, 7) is 2.95. The summed E-state index contributed by atoms with van der Waals surface area (Å²) in [5, 5.41) is 26.9. The third kappa shape index (κ3) is 6.28. The number of carbonyl (C=O) groups excluding carboxylic acids is 1. The number of carbonyl (C=O) groups is 3. The Labute approximate surface area is 164 Å². The van der Waals surface area contributed by atoms with Crippen molar-refractivity contribution in [1.82, 2.24) is 14.8 Å². The maximum Gasteiger partial charge on any atom is 0.312 e. The van der Waals surface area contributed by atoms with Gasteiger partial charge in [-0.25, -0.2) is 0 Å². The van der Waals surface area contributed by atoms with Gasteiger partial charge in [-0.2, -0.15) is 0 Å². The Bertz CT molecular complexity index is 642. The third-order valence-corrected chi connectivity index (χ3v) is 4.94. The molecule has 9 nitrogen and oxygen atoms in total. The number of aliphatic hydroxyl groups excluding tert-OH is 1. The minimum Gasteiger partial charge on any atom is -0.483 e. The molecule has 2 atom stereocenters. The second-order valence-electron chi connectivity index (χ2n) is 6.95. The van der Waals surface area contributed by atoms with E-state index in [0.717, 1.165) is 5.56 Å². The average Bonchev–Trinajstić information content (AvgIpc) is 2.64. The van der Waals surface area contributed by atoms with E-state index in [2.05, 4.69) is 4.98 Å². The van der Waals surface area contributed by atoms with Gasteiger partial charge in [0.1, 0.15) is 0 Å².